The van der Waals surface area contributed by atoms with E-state index in [2.05, 4.69) is 5.32 Å². The first-order chi connectivity index (χ1) is 9.01. The van der Waals surface area contributed by atoms with Crippen LogP contribution >= 0.6 is 0 Å². The van der Waals surface area contributed by atoms with E-state index in [9.17, 15) is 8.78 Å². The standard InChI is InChI=1S/C15H23F2NO/c1-5-18-15(10(2)6-7-19-4)12-8-11(3)13(16)9-14(12)17/h8-10,15,18H,5-7H2,1-4H3. The summed E-state index contributed by atoms with van der Waals surface area (Å²) in [6.45, 7) is 7.04. The van der Waals surface area contributed by atoms with Crippen LogP contribution in [0.3, 0.4) is 0 Å². The number of nitrogens with one attached hydrogen (secondary N) is 1. The van der Waals surface area contributed by atoms with Crippen LogP contribution in [0.1, 0.15) is 37.4 Å². The third-order valence-corrected chi connectivity index (χ3v) is 3.38. The fraction of sp³-hybridized carbons (Fsp3) is 0.600. The highest BCUT2D eigenvalue weighted by molar-refractivity contribution is 5.28. The van der Waals surface area contributed by atoms with Gasteiger partial charge in [0.1, 0.15) is 11.6 Å². The molecule has 2 atom stereocenters. The van der Waals surface area contributed by atoms with Crippen molar-refractivity contribution >= 4 is 0 Å². The Kier molecular flexibility index (Phi) is 6.38. The molecule has 1 rings (SSSR count). The molecular weight excluding hydrogens is 248 g/mol. The first-order valence-corrected chi connectivity index (χ1v) is 6.69. The lowest BCUT2D eigenvalue weighted by atomic mass is 9.90. The second-order valence-corrected chi connectivity index (χ2v) is 4.92. The minimum atomic E-state index is -0.499. The van der Waals surface area contributed by atoms with Crippen LogP contribution in [-0.4, -0.2) is 20.3 Å². The molecule has 0 aliphatic rings. The minimum Gasteiger partial charge on any atom is -0.385 e. The number of benzene rings is 1. The molecule has 1 aromatic carbocycles. The highest BCUT2D eigenvalue weighted by atomic mass is 19.1. The van der Waals surface area contributed by atoms with Crippen molar-refractivity contribution < 1.29 is 13.5 Å². The maximum absolute atomic E-state index is 14.0. The highest BCUT2D eigenvalue weighted by Crippen LogP contribution is 2.28. The van der Waals surface area contributed by atoms with Gasteiger partial charge in [-0.2, -0.15) is 0 Å². The van der Waals surface area contributed by atoms with Gasteiger partial charge < -0.3 is 10.1 Å². The lowest BCUT2D eigenvalue weighted by molar-refractivity contribution is 0.170. The monoisotopic (exact) mass is 271 g/mol. The number of methoxy groups -OCH3 is 1. The van der Waals surface area contributed by atoms with Crippen LogP contribution in [-0.2, 0) is 4.74 Å². The average Bonchev–Trinajstić information content (AvgIpc) is 2.38. The zero-order chi connectivity index (χ0) is 14.4. The molecule has 0 heterocycles. The molecular formula is C15H23F2NO. The first-order valence-electron chi connectivity index (χ1n) is 6.69. The van der Waals surface area contributed by atoms with Crippen LogP contribution in [0, 0.1) is 24.5 Å². The molecule has 0 saturated heterocycles. The van der Waals surface area contributed by atoms with Crippen LogP contribution in [0.4, 0.5) is 8.78 Å². The van der Waals surface area contributed by atoms with Crippen LogP contribution in [0.15, 0.2) is 12.1 Å². The molecule has 0 aliphatic heterocycles. The Balaban J connectivity index is 3.01. The zero-order valence-corrected chi connectivity index (χ0v) is 12.1. The summed E-state index contributed by atoms with van der Waals surface area (Å²) < 4.78 is 32.4. The van der Waals surface area contributed by atoms with Crippen LogP contribution in [0.2, 0.25) is 0 Å². The van der Waals surface area contributed by atoms with E-state index in [1.807, 2.05) is 13.8 Å². The molecule has 0 spiro atoms. The summed E-state index contributed by atoms with van der Waals surface area (Å²) in [6.07, 6.45) is 0.823. The second-order valence-electron chi connectivity index (χ2n) is 4.92. The summed E-state index contributed by atoms with van der Waals surface area (Å²) in [5.41, 5.74) is 1.00. The van der Waals surface area contributed by atoms with Gasteiger partial charge in [-0.05, 0) is 37.4 Å². The summed E-state index contributed by atoms with van der Waals surface area (Å²) in [4.78, 5) is 0. The van der Waals surface area contributed by atoms with Crippen LogP contribution in [0.25, 0.3) is 0 Å². The SMILES string of the molecule is CCNC(c1cc(C)c(F)cc1F)C(C)CCOC. The molecule has 0 bridgehead atoms. The van der Waals surface area contributed by atoms with Crippen molar-refractivity contribution in [1.82, 2.24) is 5.32 Å². The third-order valence-electron chi connectivity index (χ3n) is 3.38. The Hall–Kier alpha value is -1.00. The van der Waals surface area contributed by atoms with Gasteiger partial charge in [0.15, 0.2) is 0 Å². The molecule has 4 heteroatoms. The van der Waals surface area contributed by atoms with Crippen molar-refractivity contribution in [2.45, 2.75) is 33.2 Å². The Morgan fingerprint density at radius 3 is 2.53 bits per heavy atom. The quantitative estimate of drug-likeness (QED) is 0.818. The van der Waals surface area contributed by atoms with E-state index >= 15 is 0 Å². The summed E-state index contributed by atoms with van der Waals surface area (Å²) in [5, 5.41) is 3.28. The summed E-state index contributed by atoms with van der Waals surface area (Å²) in [7, 11) is 1.65. The van der Waals surface area contributed by atoms with Crippen molar-refractivity contribution in [3.63, 3.8) is 0 Å². The largest absolute Gasteiger partial charge is 0.385 e. The summed E-state index contributed by atoms with van der Waals surface area (Å²) in [6, 6.07) is 2.44. The van der Waals surface area contributed by atoms with E-state index in [4.69, 9.17) is 4.74 Å². The van der Waals surface area contributed by atoms with Crippen molar-refractivity contribution in [3.8, 4) is 0 Å². The highest BCUT2D eigenvalue weighted by Gasteiger charge is 2.22. The summed E-state index contributed by atoms with van der Waals surface area (Å²) in [5.74, 6) is -0.779. The van der Waals surface area contributed by atoms with E-state index in [0.29, 0.717) is 17.7 Å². The first kappa shape index (κ1) is 16.1. The van der Waals surface area contributed by atoms with E-state index in [1.54, 1.807) is 20.1 Å². The molecule has 1 N–H and O–H groups in total. The smallest absolute Gasteiger partial charge is 0.130 e. The van der Waals surface area contributed by atoms with E-state index < -0.39 is 11.6 Å². The fourth-order valence-corrected chi connectivity index (χ4v) is 2.23. The molecule has 0 aliphatic carbocycles. The van der Waals surface area contributed by atoms with Crippen LogP contribution in [0.5, 0.6) is 0 Å². The van der Waals surface area contributed by atoms with Gasteiger partial charge >= 0.3 is 0 Å². The number of aryl methyl sites for hydroxylation is 1. The number of halogens is 2. The van der Waals surface area contributed by atoms with E-state index in [-0.39, 0.29) is 12.0 Å². The molecule has 2 nitrogen and oxygen atoms in total. The van der Waals surface area contributed by atoms with Gasteiger partial charge in [-0.1, -0.05) is 13.8 Å². The van der Waals surface area contributed by atoms with Gasteiger partial charge in [-0.3, -0.25) is 0 Å². The summed E-state index contributed by atoms with van der Waals surface area (Å²) >= 11 is 0. The average molecular weight is 271 g/mol. The molecule has 1 aromatic rings. The molecule has 0 aromatic heterocycles. The predicted molar refractivity (Wildman–Crippen MR) is 73.2 cm³/mol. The molecule has 0 saturated carbocycles. The maximum Gasteiger partial charge on any atom is 0.130 e. The minimum absolute atomic E-state index is 0.126. The Labute approximate surface area is 114 Å². The van der Waals surface area contributed by atoms with Gasteiger partial charge in [-0.25, -0.2) is 8.78 Å². The maximum atomic E-state index is 14.0. The Bertz CT molecular complexity index is 409. The lowest BCUT2D eigenvalue weighted by Gasteiger charge is -2.26. The van der Waals surface area contributed by atoms with Crippen molar-refractivity contribution in [2.24, 2.45) is 5.92 Å². The van der Waals surface area contributed by atoms with Crippen molar-refractivity contribution in [2.75, 3.05) is 20.3 Å². The van der Waals surface area contributed by atoms with E-state index in [1.165, 1.54) is 0 Å². The Morgan fingerprint density at radius 2 is 1.95 bits per heavy atom. The van der Waals surface area contributed by atoms with Gasteiger partial charge in [0.05, 0.1) is 0 Å². The Morgan fingerprint density at radius 1 is 1.26 bits per heavy atom. The van der Waals surface area contributed by atoms with Crippen LogP contribution < -0.4 is 5.32 Å². The topological polar surface area (TPSA) is 21.3 Å². The molecule has 0 radical (unpaired) electrons. The predicted octanol–water partition coefficient (Wildman–Crippen LogP) is 3.60. The lowest BCUT2D eigenvalue weighted by Crippen LogP contribution is -2.28. The number of hydrogen-bond acceptors (Lipinski definition) is 2. The molecule has 0 fully saturated rings. The molecule has 2 unspecified atom stereocenters. The zero-order valence-electron chi connectivity index (χ0n) is 12.1. The van der Waals surface area contributed by atoms with Crippen molar-refractivity contribution in [3.05, 3.63) is 34.9 Å². The van der Waals surface area contributed by atoms with Gasteiger partial charge in [0.2, 0.25) is 0 Å². The fourth-order valence-electron chi connectivity index (χ4n) is 2.23. The second kappa shape index (κ2) is 7.56. The van der Waals surface area contributed by atoms with Gasteiger partial charge in [0.25, 0.3) is 0 Å². The van der Waals surface area contributed by atoms with Gasteiger partial charge in [0, 0.05) is 31.4 Å². The third kappa shape index (κ3) is 4.25. The number of rotatable bonds is 7. The normalized spacial score (nSPS) is 14.4. The van der Waals surface area contributed by atoms with E-state index in [0.717, 1.165) is 19.0 Å². The molecule has 108 valence electrons. The molecule has 0 amide bonds. The van der Waals surface area contributed by atoms with Crippen molar-refractivity contribution in [1.29, 1.82) is 0 Å². The van der Waals surface area contributed by atoms with Gasteiger partial charge in [-0.15, -0.1) is 0 Å². The number of hydrogen-bond donors (Lipinski definition) is 1. The number of ether oxygens (including phenoxy) is 1. The molecule has 19 heavy (non-hydrogen) atoms.